The topological polar surface area (TPSA) is 25.8 Å². The Morgan fingerprint density at radius 2 is 2.00 bits per heavy atom. The Balaban J connectivity index is 2.17. The summed E-state index contributed by atoms with van der Waals surface area (Å²) >= 11 is 6.37. The number of pyridine rings is 2. The molecule has 0 saturated heterocycles. The van der Waals surface area contributed by atoms with Crippen LogP contribution >= 0.6 is 11.6 Å². The lowest BCUT2D eigenvalue weighted by Gasteiger charge is -2.20. The number of hydrogen-bond acceptors (Lipinski definition) is 2. The summed E-state index contributed by atoms with van der Waals surface area (Å²) in [5.41, 5.74) is 3.34. The highest BCUT2D eigenvalue weighted by Gasteiger charge is 2.19. The zero-order valence-electron chi connectivity index (χ0n) is 12.5. The zero-order chi connectivity index (χ0) is 14.8. The van der Waals surface area contributed by atoms with Crippen LogP contribution in [-0.4, -0.2) is 9.97 Å². The Morgan fingerprint density at radius 3 is 2.55 bits per heavy atom. The third-order valence-corrected chi connectivity index (χ3v) is 3.69. The molecule has 0 aliphatic rings. The summed E-state index contributed by atoms with van der Waals surface area (Å²) in [4.78, 5) is 8.72. The van der Waals surface area contributed by atoms with Gasteiger partial charge in [-0.25, -0.2) is 0 Å². The van der Waals surface area contributed by atoms with E-state index in [0.29, 0.717) is 5.92 Å². The fourth-order valence-corrected chi connectivity index (χ4v) is 2.75. The minimum absolute atomic E-state index is 0.0232. The third-order valence-electron chi connectivity index (χ3n) is 3.40. The SMILES string of the molecule is CC(Cc1cnc(C(C)(C)C)c(Cl)c1)c1cccnc1. The van der Waals surface area contributed by atoms with Crippen molar-refractivity contribution in [1.29, 1.82) is 0 Å². The first-order chi connectivity index (χ1) is 9.38. The van der Waals surface area contributed by atoms with E-state index in [1.165, 1.54) is 11.1 Å². The lowest BCUT2D eigenvalue weighted by atomic mass is 9.90. The van der Waals surface area contributed by atoms with Crippen LogP contribution in [-0.2, 0) is 11.8 Å². The zero-order valence-corrected chi connectivity index (χ0v) is 13.3. The second-order valence-corrected chi connectivity index (χ2v) is 6.72. The smallest absolute Gasteiger partial charge is 0.0643 e. The lowest BCUT2D eigenvalue weighted by Crippen LogP contribution is -2.14. The van der Waals surface area contributed by atoms with Gasteiger partial charge in [0, 0.05) is 24.0 Å². The molecule has 0 radical (unpaired) electrons. The fraction of sp³-hybridized carbons (Fsp3) is 0.412. The number of nitrogens with zero attached hydrogens (tertiary/aromatic N) is 2. The van der Waals surface area contributed by atoms with Crippen molar-refractivity contribution in [3.05, 3.63) is 58.6 Å². The van der Waals surface area contributed by atoms with Gasteiger partial charge in [-0.3, -0.25) is 9.97 Å². The van der Waals surface area contributed by atoms with Crippen molar-refractivity contribution in [1.82, 2.24) is 9.97 Å². The van der Waals surface area contributed by atoms with Crippen molar-refractivity contribution < 1.29 is 0 Å². The van der Waals surface area contributed by atoms with Gasteiger partial charge in [-0.1, -0.05) is 45.4 Å². The Kier molecular flexibility index (Phi) is 4.44. The highest BCUT2D eigenvalue weighted by atomic mass is 35.5. The van der Waals surface area contributed by atoms with Gasteiger partial charge in [-0.15, -0.1) is 0 Å². The first-order valence-corrected chi connectivity index (χ1v) is 7.30. The summed E-state index contributed by atoms with van der Waals surface area (Å²) in [6.45, 7) is 8.57. The third kappa shape index (κ3) is 3.57. The molecule has 0 N–H and O–H groups in total. The van der Waals surface area contributed by atoms with Gasteiger partial charge >= 0.3 is 0 Å². The van der Waals surface area contributed by atoms with E-state index in [2.05, 4.69) is 43.7 Å². The largest absolute Gasteiger partial charge is 0.264 e. The molecular formula is C17H21ClN2. The molecule has 2 heterocycles. The molecule has 2 rings (SSSR count). The van der Waals surface area contributed by atoms with Crippen molar-refractivity contribution >= 4 is 11.6 Å². The molecular weight excluding hydrogens is 268 g/mol. The van der Waals surface area contributed by atoms with E-state index >= 15 is 0 Å². The first kappa shape index (κ1) is 15.0. The maximum Gasteiger partial charge on any atom is 0.0643 e. The monoisotopic (exact) mass is 288 g/mol. The average Bonchev–Trinajstić information content (AvgIpc) is 2.38. The number of hydrogen-bond donors (Lipinski definition) is 0. The van der Waals surface area contributed by atoms with E-state index in [0.717, 1.165) is 17.1 Å². The molecule has 0 bridgehead atoms. The van der Waals surface area contributed by atoms with Crippen molar-refractivity contribution in [3.63, 3.8) is 0 Å². The van der Waals surface area contributed by atoms with Crippen molar-refractivity contribution in [3.8, 4) is 0 Å². The molecule has 2 aromatic rings. The van der Waals surface area contributed by atoms with E-state index < -0.39 is 0 Å². The molecule has 1 unspecified atom stereocenters. The summed E-state index contributed by atoms with van der Waals surface area (Å²) in [5, 5.41) is 0.758. The molecule has 0 aliphatic carbocycles. The summed E-state index contributed by atoms with van der Waals surface area (Å²) < 4.78 is 0. The van der Waals surface area contributed by atoms with Crippen LogP contribution < -0.4 is 0 Å². The summed E-state index contributed by atoms with van der Waals surface area (Å²) in [7, 11) is 0. The Hall–Kier alpha value is -1.41. The van der Waals surface area contributed by atoms with Gasteiger partial charge in [-0.2, -0.15) is 0 Å². The molecule has 20 heavy (non-hydrogen) atoms. The van der Waals surface area contributed by atoms with E-state index in [-0.39, 0.29) is 5.41 Å². The molecule has 106 valence electrons. The predicted octanol–water partition coefficient (Wildman–Crippen LogP) is 4.77. The number of halogens is 1. The Bertz CT molecular complexity index is 573. The van der Waals surface area contributed by atoms with Crippen LogP contribution in [0.5, 0.6) is 0 Å². The van der Waals surface area contributed by atoms with Crippen LogP contribution in [0.2, 0.25) is 5.02 Å². The maximum absolute atomic E-state index is 6.37. The molecule has 0 amide bonds. The maximum atomic E-state index is 6.37. The second kappa shape index (κ2) is 5.92. The highest BCUT2D eigenvalue weighted by Crippen LogP contribution is 2.29. The molecule has 0 aromatic carbocycles. The van der Waals surface area contributed by atoms with E-state index in [9.17, 15) is 0 Å². The van der Waals surface area contributed by atoms with Gasteiger partial charge in [0.15, 0.2) is 0 Å². The average molecular weight is 289 g/mol. The molecule has 0 fully saturated rings. The standard InChI is InChI=1S/C17H21ClN2/c1-12(14-6-5-7-19-11-14)8-13-9-15(18)16(20-10-13)17(2,3)4/h5-7,9-12H,8H2,1-4H3. The first-order valence-electron chi connectivity index (χ1n) is 6.93. The van der Waals surface area contributed by atoms with Crippen LogP contribution in [0.15, 0.2) is 36.8 Å². The Morgan fingerprint density at radius 1 is 1.25 bits per heavy atom. The van der Waals surface area contributed by atoms with Gasteiger partial charge in [0.1, 0.15) is 0 Å². The van der Waals surface area contributed by atoms with Gasteiger partial charge in [-0.05, 0) is 35.6 Å². The van der Waals surface area contributed by atoms with Crippen LogP contribution in [0.4, 0.5) is 0 Å². The number of aromatic nitrogens is 2. The van der Waals surface area contributed by atoms with Gasteiger partial charge in [0.25, 0.3) is 0 Å². The van der Waals surface area contributed by atoms with Gasteiger partial charge in [0.05, 0.1) is 10.7 Å². The minimum Gasteiger partial charge on any atom is -0.264 e. The minimum atomic E-state index is -0.0232. The quantitative estimate of drug-likeness (QED) is 0.813. The van der Waals surface area contributed by atoms with Crippen LogP contribution in [0.3, 0.4) is 0 Å². The van der Waals surface area contributed by atoms with Crippen molar-refractivity contribution in [2.24, 2.45) is 0 Å². The van der Waals surface area contributed by atoms with E-state index in [1.807, 2.05) is 24.5 Å². The number of rotatable bonds is 3. The molecule has 3 heteroatoms. The van der Waals surface area contributed by atoms with E-state index in [4.69, 9.17) is 11.6 Å². The highest BCUT2D eigenvalue weighted by molar-refractivity contribution is 6.31. The van der Waals surface area contributed by atoms with Crippen LogP contribution in [0.25, 0.3) is 0 Å². The molecule has 2 aromatic heterocycles. The van der Waals surface area contributed by atoms with Crippen LogP contribution in [0.1, 0.15) is 50.4 Å². The second-order valence-electron chi connectivity index (χ2n) is 6.32. The molecule has 0 spiro atoms. The fourth-order valence-electron chi connectivity index (χ4n) is 2.28. The van der Waals surface area contributed by atoms with Gasteiger partial charge < -0.3 is 0 Å². The molecule has 1 atom stereocenters. The molecule has 0 saturated carbocycles. The van der Waals surface area contributed by atoms with E-state index in [1.54, 1.807) is 6.20 Å². The lowest BCUT2D eigenvalue weighted by molar-refractivity contribution is 0.568. The van der Waals surface area contributed by atoms with Crippen LogP contribution in [0, 0.1) is 0 Å². The normalized spacial score (nSPS) is 13.2. The molecule has 2 nitrogen and oxygen atoms in total. The van der Waals surface area contributed by atoms with Crippen molar-refractivity contribution in [2.45, 2.75) is 45.4 Å². The predicted molar refractivity (Wildman–Crippen MR) is 84.3 cm³/mol. The summed E-state index contributed by atoms with van der Waals surface area (Å²) in [6, 6.07) is 6.12. The van der Waals surface area contributed by atoms with Crippen molar-refractivity contribution in [2.75, 3.05) is 0 Å². The summed E-state index contributed by atoms with van der Waals surface area (Å²) in [6.07, 6.45) is 6.58. The molecule has 0 aliphatic heterocycles. The van der Waals surface area contributed by atoms with Gasteiger partial charge in [0.2, 0.25) is 0 Å². The Labute approximate surface area is 126 Å². The summed E-state index contributed by atoms with van der Waals surface area (Å²) in [5.74, 6) is 0.405.